The molecule has 0 saturated carbocycles. The first-order chi connectivity index (χ1) is 14.0. The molecule has 0 amide bonds. The molecule has 1 aliphatic rings. The second-order valence-electron chi connectivity index (χ2n) is 8.17. The van der Waals surface area contributed by atoms with Crippen molar-refractivity contribution in [2.24, 2.45) is 0 Å². The quantitative estimate of drug-likeness (QED) is 0.154. The Balaban J connectivity index is 1.77. The van der Waals surface area contributed by atoms with Crippen molar-refractivity contribution < 1.29 is 23.9 Å². The van der Waals surface area contributed by atoms with Crippen LogP contribution in [0.3, 0.4) is 0 Å². The predicted octanol–water partition coefficient (Wildman–Crippen LogP) is 6.19. The standard InChI is InChI=1S/C24H40O5/c1-20-22(24(27)29-23(20)26)18-16-14-12-10-8-6-4-3-5-7-9-11-13-15-17-19-28-21(2)25/h3-19H2,1-2H3. The van der Waals surface area contributed by atoms with Gasteiger partial charge >= 0.3 is 17.9 Å². The minimum atomic E-state index is -0.471. The molecule has 166 valence electrons. The third kappa shape index (κ3) is 12.5. The first-order valence-corrected chi connectivity index (χ1v) is 11.6. The molecule has 0 saturated heterocycles. The number of esters is 3. The average molecular weight is 409 g/mol. The minimum Gasteiger partial charge on any atom is -0.466 e. The van der Waals surface area contributed by atoms with Gasteiger partial charge in [0.1, 0.15) is 0 Å². The van der Waals surface area contributed by atoms with Gasteiger partial charge in [0.25, 0.3) is 0 Å². The van der Waals surface area contributed by atoms with Crippen LogP contribution in [0.5, 0.6) is 0 Å². The molecule has 1 aliphatic heterocycles. The molecule has 29 heavy (non-hydrogen) atoms. The molecular weight excluding hydrogens is 368 g/mol. The van der Waals surface area contributed by atoms with Crippen molar-refractivity contribution in [2.45, 2.75) is 117 Å². The van der Waals surface area contributed by atoms with E-state index in [0.717, 1.165) is 25.7 Å². The Bertz CT molecular complexity index is 535. The minimum absolute atomic E-state index is 0.177. The van der Waals surface area contributed by atoms with Crippen molar-refractivity contribution in [3.05, 3.63) is 11.1 Å². The molecule has 0 bridgehead atoms. The SMILES string of the molecule is CC(=O)OCCCCCCCCCCCCCCCCCC1=C(C)C(=O)OC1=O. The first kappa shape index (κ1) is 25.4. The molecule has 0 aliphatic carbocycles. The number of rotatable bonds is 18. The summed E-state index contributed by atoms with van der Waals surface area (Å²) in [5.74, 6) is -1.09. The maximum atomic E-state index is 11.5. The highest BCUT2D eigenvalue weighted by Gasteiger charge is 2.28. The van der Waals surface area contributed by atoms with Gasteiger partial charge in [-0.05, 0) is 26.2 Å². The predicted molar refractivity (Wildman–Crippen MR) is 114 cm³/mol. The highest BCUT2D eigenvalue weighted by molar-refractivity contribution is 6.11. The second kappa shape index (κ2) is 16.2. The molecular formula is C24H40O5. The van der Waals surface area contributed by atoms with Crippen LogP contribution in [0.15, 0.2) is 11.1 Å². The van der Waals surface area contributed by atoms with Crippen molar-refractivity contribution in [3.63, 3.8) is 0 Å². The van der Waals surface area contributed by atoms with Crippen LogP contribution in [-0.4, -0.2) is 24.5 Å². The number of carbonyl (C=O) groups is 3. The van der Waals surface area contributed by atoms with E-state index in [0.29, 0.717) is 24.2 Å². The average Bonchev–Trinajstić information content (AvgIpc) is 2.92. The van der Waals surface area contributed by atoms with E-state index in [1.165, 1.54) is 77.6 Å². The number of hydrogen-bond donors (Lipinski definition) is 0. The van der Waals surface area contributed by atoms with E-state index >= 15 is 0 Å². The van der Waals surface area contributed by atoms with Crippen molar-refractivity contribution in [3.8, 4) is 0 Å². The highest BCUT2D eigenvalue weighted by Crippen LogP contribution is 2.22. The van der Waals surface area contributed by atoms with E-state index < -0.39 is 11.9 Å². The second-order valence-corrected chi connectivity index (χ2v) is 8.17. The van der Waals surface area contributed by atoms with Gasteiger partial charge in [-0.2, -0.15) is 0 Å². The van der Waals surface area contributed by atoms with Gasteiger partial charge in [-0.15, -0.1) is 0 Å². The summed E-state index contributed by atoms with van der Waals surface area (Å²) in [6.45, 7) is 3.71. The molecule has 0 spiro atoms. The van der Waals surface area contributed by atoms with Crippen LogP contribution >= 0.6 is 0 Å². The lowest BCUT2D eigenvalue weighted by molar-refractivity contribution is -0.151. The zero-order valence-corrected chi connectivity index (χ0v) is 18.6. The topological polar surface area (TPSA) is 69.7 Å². The van der Waals surface area contributed by atoms with Crippen molar-refractivity contribution in [1.29, 1.82) is 0 Å². The van der Waals surface area contributed by atoms with Crippen LogP contribution in [0.25, 0.3) is 0 Å². The number of carbonyl (C=O) groups excluding carboxylic acids is 3. The van der Waals surface area contributed by atoms with Crippen molar-refractivity contribution in [2.75, 3.05) is 6.61 Å². The summed E-state index contributed by atoms with van der Waals surface area (Å²) in [5.41, 5.74) is 1.08. The van der Waals surface area contributed by atoms with Crippen LogP contribution in [0, 0.1) is 0 Å². The lowest BCUT2D eigenvalue weighted by Crippen LogP contribution is -2.01. The molecule has 0 aromatic heterocycles. The summed E-state index contributed by atoms with van der Waals surface area (Å²) in [6, 6.07) is 0. The molecule has 5 nitrogen and oxygen atoms in total. The molecule has 0 atom stereocenters. The van der Waals surface area contributed by atoms with Crippen LogP contribution < -0.4 is 0 Å². The van der Waals surface area contributed by atoms with Crippen LogP contribution in [-0.2, 0) is 23.9 Å². The summed E-state index contributed by atoms with van der Waals surface area (Å²) in [7, 11) is 0. The van der Waals surface area contributed by atoms with E-state index in [1.54, 1.807) is 6.92 Å². The Morgan fingerprint density at radius 1 is 0.690 bits per heavy atom. The molecule has 0 aromatic rings. The fraction of sp³-hybridized carbons (Fsp3) is 0.792. The van der Waals surface area contributed by atoms with Gasteiger partial charge in [-0.25, -0.2) is 9.59 Å². The Morgan fingerprint density at radius 3 is 1.48 bits per heavy atom. The van der Waals surface area contributed by atoms with Gasteiger partial charge in [0.2, 0.25) is 0 Å². The molecule has 5 heteroatoms. The van der Waals surface area contributed by atoms with Crippen LogP contribution in [0.4, 0.5) is 0 Å². The van der Waals surface area contributed by atoms with E-state index in [-0.39, 0.29) is 5.97 Å². The van der Waals surface area contributed by atoms with Gasteiger partial charge in [0, 0.05) is 18.1 Å². The Labute approximate surface area is 176 Å². The highest BCUT2D eigenvalue weighted by atomic mass is 16.6. The smallest absolute Gasteiger partial charge is 0.342 e. The Hall–Kier alpha value is -1.65. The van der Waals surface area contributed by atoms with Gasteiger partial charge in [-0.3, -0.25) is 4.79 Å². The number of hydrogen-bond acceptors (Lipinski definition) is 5. The van der Waals surface area contributed by atoms with Gasteiger partial charge in [0.15, 0.2) is 0 Å². The number of cyclic esters (lactones) is 2. The monoisotopic (exact) mass is 408 g/mol. The molecule has 1 heterocycles. The first-order valence-electron chi connectivity index (χ1n) is 11.6. The fourth-order valence-corrected chi connectivity index (χ4v) is 3.71. The van der Waals surface area contributed by atoms with E-state index in [9.17, 15) is 14.4 Å². The van der Waals surface area contributed by atoms with Gasteiger partial charge in [-0.1, -0.05) is 83.5 Å². The van der Waals surface area contributed by atoms with Crippen molar-refractivity contribution in [1.82, 2.24) is 0 Å². The van der Waals surface area contributed by atoms with Crippen LogP contribution in [0.1, 0.15) is 117 Å². The normalized spacial score (nSPS) is 13.9. The molecule has 0 aromatic carbocycles. The molecule has 0 N–H and O–H groups in total. The Kier molecular flexibility index (Phi) is 14.2. The fourth-order valence-electron chi connectivity index (χ4n) is 3.71. The lowest BCUT2D eigenvalue weighted by Gasteiger charge is -2.04. The number of unbranched alkanes of at least 4 members (excludes halogenated alkanes) is 14. The van der Waals surface area contributed by atoms with Crippen molar-refractivity contribution >= 4 is 17.9 Å². The van der Waals surface area contributed by atoms with Gasteiger partial charge < -0.3 is 9.47 Å². The lowest BCUT2D eigenvalue weighted by atomic mass is 10.0. The molecule has 1 rings (SSSR count). The van der Waals surface area contributed by atoms with Gasteiger partial charge in [0.05, 0.1) is 6.61 Å². The molecule has 0 fully saturated rings. The third-order valence-corrected chi connectivity index (χ3v) is 5.57. The summed E-state index contributed by atoms with van der Waals surface area (Å²) in [5, 5.41) is 0. The Morgan fingerprint density at radius 2 is 1.10 bits per heavy atom. The van der Waals surface area contributed by atoms with Crippen LogP contribution in [0.2, 0.25) is 0 Å². The van der Waals surface area contributed by atoms with E-state index in [2.05, 4.69) is 4.74 Å². The summed E-state index contributed by atoms with van der Waals surface area (Å²) < 4.78 is 9.53. The summed E-state index contributed by atoms with van der Waals surface area (Å²) in [4.78, 5) is 33.4. The number of ether oxygens (including phenoxy) is 2. The molecule has 0 radical (unpaired) electrons. The zero-order valence-electron chi connectivity index (χ0n) is 18.6. The summed E-state index contributed by atoms with van der Waals surface area (Å²) in [6.07, 6.45) is 19.2. The molecule has 0 unspecified atom stereocenters. The summed E-state index contributed by atoms with van der Waals surface area (Å²) >= 11 is 0. The third-order valence-electron chi connectivity index (χ3n) is 5.57. The largest absolute Gasteiger partial charge is 0.466 e. The zero-order chi connectivity index (χ0) is 21.3. The maximum absolute atomic E-state index is 11.5. The van der Waals surface area contributed by atoms with E-state index in [1.807, 2.05) is 0 Å². The van der Waals surface area contributed by atoms with E-state index in [4.69, 9.17) is 4.74 Å². The maximum Gasteiger partial charge on any atom is 0.342 e.